The van der Waals surface area contributed by atoms with E-state index in [4.69, 9.17) is 18.9 Å². The number of carbonyl (C=O) groups is 4. The highest BCUT2D eigenvalue weighted by atomic mass is 16.5. The number of ether oxygens (including phenoxy) is 4. The van der Waals surface area contributed by atoms with Gasteiger partial charge in [-0.1, -0.05) is 60.7 Å². The van der Waals surface area contributed by atoms with E-state index in [0.717, 1.165) is 74.5 Å². The van der Waals surface area contributed by atoms with Crippen LogP contribution in [0.3, 0.4) is 0 Å². The minimum absolute atomic E-state index is 0.0157. The maximum atomic E-state index is 12.6. The molecule has 330 valence electrons. The summed E-state index contributed by atoms with van der Waals surface area (Å²) in [5, 5.41) is 0. The van der Waals surface area contributed by atoms with Crippen molar-refractivity contribution in [3.05, 3.63) is 191 Å². The van der Waals surface area contributed by atoms with Gasteiger partial charge < -0.3 is 28.7 Å². The Balaban J connectivity index is 0.773. The number of ketones is 2. The molecule has 0 atom stereocenters. The Bertz CT molecular complexity index is 2200. The zero-order valence-electron chi connectivity index (χ0n) is 36.7. The largest absolute Gasteiger partial charge is 0.494 e. The fourth-order valence-electron chi connectivity index (χ4n) is 6.92. The Morgan fingerprint density at radius 1 is 0.359 bits per heavy atom. The predicted molar refractivity (Wildman–Crippen MR) is 251 cm³/mol. The van der Waals surface area contributed by atoms with Crippen LogP contribution in [0.2, 0.25) is 0 Å². The summed E-state index contributed by atoms with van der Waals surface area (Å²) in [6.45, 7) is 3.23. The molecule has 0 amide bonds. The van der Waals surface area contributed by atoms with Gasteiger partial charge in [-0.2, -0.15) is 0 Å². The van der Waals surface area contributed by atoms with E-state index in [1.807, 2.05) is 123 Å². The molecule has 0 aliphatic carbocycles. The number of unbranched alkanes of at least 4 members (excludes halogenated alkanes) is 3. The molecule has 0 heterocycles. The number of rotatable bonds is 25. The van der Waals surface area contributed by atoms with Crippen molar-refractivity contribution in [2.75, 3.05) is 63.4 Å². The van der Waals surface area contributed by atoms with E-state index in [9.17, 15) is 19.2 Å². The van der Waals surface area contributed by atoms with Crippen molar-refractivity contribution in [2.45, 2.75) is 38.5 Å². The first kappa shape index (κ1) is 46.3. The van der Waals surface area contributed by atoms with E-state index in [0.29, 0.717) is 59.8 Å². The zero-order chi connectivity index (χ0) is 44.9. The van der Waals surface area contributed by atoms with Crippen LogP contribution in [0.4, 0.5) is 11.4 Å². The third-order valence-corrected chi connectivity index (χ3v) is 10.7. The molecule has 6 aromatic carbocycles. The summed E-state index contributed by atoms with van der Waals surface area (Å²) in [5.74, 6) is 0.702. The average Bonchev–Trinajstić information content (AvgIpc) is 3.35. The van der Waals surface area contributed by atoms with Crippen molar-refractivity contribution in [3.8, 4) is 11.5 Å². The molecule has 0 bridgehead atoms. The lowest BCUT2D eigenvalue weighted by Crippen LogP contribution is -2.20. The van der Waals surface area contributed by atoms with Gasteiger partial charge in [-0.25, -0.2) is 9.59 Å². The van der Waals surface area contributed by atoms with Crippen molar-refractivity contribution < 1.29 is 38.1 Å². The second kappa shape index (κ2) is 24.4. The Morgan fingerprint density at radius 3 is 1.05 bits per heavy atom. The Kier molecular flexibility index (Phi) is 17.7. The summed E-state index contributed by atoms with van der Waals surface area (Å²) in [6, 6.07) is 47.6. The highest BCUT2D eigenvalue weighted by Crippen LogP contribution is 2.20. The Labute approximate surface area is 376 Å². The molecule has 0 aliphatic heterocycles. The standard InChI is InChI=1S/C54H56N2O8/c1-55(35-13-39-61-49-31-23-43(24-32-49)51(57)41-15-7-5-8-16-41)47-27-19-45(20-28-47)53(59)63-37-11-3-4-12-38-64-54(60)46-21-29-48(30-22-46)56(2)36-14-40-62-50-33-25-44(26-34-50)52(58)42-17-9-6-10-18-42/h5-10,15-34H,3-4,11-14,35-40H2,1-2H3. The van der Waals surface area contributed by atoms with Crippen LogP contribution in [0.1, 0.15) is 91.1 Å². The van der Waals surface area contributed by atoms with Gasteiger partial charge in [-0.15, -0.1) is 0 Å². The molecule has 6 aromatic rings. The van der Waals surface area contributed by atoms with Gasteiger partial charge >= 0.3 is 11.9 Å². The molecule has 0 fully saturated rings. The first-order valence-electron chi connectivity index (χ1n) is 21.9. The fourth-order valence-corrected chi connectivity index (χ4v) is 6.92. The first-order chi connectivity index (χ1) is 31.2. The molecule has 0 N–H and O–H groups in total. The van der Waals surface area contributed by atoms with Crippen molar-refractivity contribution in [1.82, 2.24) is 0 Å². The van der Waals surface area contributed by atoms with Gasteiger partial charge in [0.2, 0.25) is 0 Å². The van der Waals surface area contributed by atoms with Gasteiger partial charge in [0.15, 0.2) is 11.6 Å². The molecule has 64 heavy (non-hydrogen) atoms. The van der Waals surface area contributed by atoms with Crippen molar-refractivity contribution in [1.29, 1.82) is 0 Å². The van der Waals surface area contributed by atoms with Gasteiger partial charge in [0, 0.05) is 60.8 Å². The Morgan fingerprint density at radius 2 is 0.688 bits per heavy atom. The lowest BCUT2D eigenvalue weighted by Gasteiger charge is -2.19. The normalized spacial score (nSPS) is 10.7. The first-order valence-corrected chi connectivity index (χ1v) is 21.9. The van der Waals surface area contributed by atoms with Crippen molar-refractivity contribution in [3.63, 3.8) is 0 Å². The van der Waals surface area contributed by atoms with Crippen LogP contribution in [0.15, 0.2) is 158 Å². The topological polar surface area (TPSA) is 112 Å². The summed E-state index contributed by atoms with van der Waals surface area (Å²) in [7, 11) is 4.00. The molecule has 10 nitrogen and oxygen atoms in total. The minimum atomic E-state index is -0.351. The van der Waals surface area contributed by atoms with E-state index in [2.05, 4.69) is 9.80 Å². The maximum absolute atomic E-state index is 12.6. The summed E-state index contributed by atoms with van der Waals surface area (Å²) >= 11 is 0. The second-order valence-corrected chi connectivity index (χ2v) is 15.5. The monoisotopic (exact) mass is 860 g/mol. The molecule has 6 rings (SSSR count). The van der Waals surface area contributed by atoms with Gasteiger partial charge in [-0.05, 0) is 136 Å². The van der Waals surface area contributed by atoms with Gasteiger partial charge in [-0.3, -0.25) is 9.59 Å². The third-order valence-electron chi connectivity index (χ3n) is 10.7. The van der Waals surface area contributed by atoms with Crippen LogP contribution in [-0.2, 0) is 9.47 Å². The lowest BCUT2D eigenvalue weighted by atomic mass is 10.0. The number of benzene rings is 6. The molecule has 0 unspecified atom stereocenters. The number of hydrogen-bond donors (Lipinski definition) is 0. The third kappa shape index (κ3) is 14.2. The summed E-state index contributed by atoms with van der Waals surface area (Å²) in [6.07, 6.45) is 4.74. The van der Waals surface area contributed by atoms with E-state index in [1.165, 1.54) is 0 Å². The number of nitrogens with zero attached hydrogens (tertiary/aromatic N) is 2. The number of esters is 2. The summed E-state index contributed by atoms with van der Waals surface area (Å²) < 4.78 is 22.8. The maximum Gasteiger partial charge on any atom is 0.338 e. The van der Waals surface area contributed by atoms with Crippen LogP contribution in [-0.4, -0.2) is 77.1 Å². The number of carbonyl (C=O) groups excluding carboxylic acids is 4. The second-order valence-electron chi connectivity index (χ2n) is 15.5. The lowest BCUT2D eigenvalue weighted by molar-refractivity contribution is 0.0473. The highest BCUT2D eigenvalue weighted by molar-refractivity contribution is 6.09. The smallest absolute Gasteiger partial charge is 0.338 e. The van der Waals surface area contributed by atoms with Crippen LogP contribution < -0.4 is 19.3 Å². The Hall–Kier alpha value is -7.20. The molecule has 0 saturated carbocycles. The van der Waals surface area contributed by atoms with E-state index in [-0.39, 0.29) is 23.5 Å². The van der Waals surface area contributed by atoms with E-state index in [1.54, 1.807) is 48.5 Å². The molecule has 0 aliphatic rings. The van der Waals surface area contributed by atoms with Gasteiger partial charge in [0.1, 0.15) is 11.5 Å². The quantitative estimate of drug-likeness (QED) is 0.0313. The molecule has 0 radical (unpaired) electrons. The van der Waals surface area contributed by atoms with Crippen LogP contribution in [0.5, 0.6) is 11.5 Å². The molecule has 10 heteroatoms. The summed E-state index contributed by atoms with van der Waals surface area (Å²) in [4.78, 5) is 54.7. The van der Waals surface area contributed by atoms with Crippen molar-refractivity contribution in [2.24, 2.45) is 0 Å². The number of hydrogen-bond acceptors (Lipinski definition) is 10. The SMILES string of the molecule is CN(CCCOc1ccc(C(=O)c2ccccc2)cc1)c1ccc(C(=O)OCCCCCCOC(=O)c2ccc(N(C)CCCOc3ccc(C(=O)c4ccccc4)cc3)cc2)cc1. The molecule has 0 aromatic heterocycles. The number of anilines is 2. The average molecular weight is 861 g/mol. The van der Waals surface area contributed by atoms with Crippen LogP contribution in [0.25, 0.3) is 0 Å². The fraction of sp³-hybridized carbons (Fsp3) is 0.259. The highest BCUT2D eigenvalue weighted by Gasteiger charge is 2.13. The molecular weight excluding hydrogens is 805 g/mol. The van der Waals surface area contributed by atoms with Crippen LogP contribution in [0, 0.1) is 0 Å². The van der Waals surface area contributed by atoms with E-state index >= 15 is 0 Å². The zero-order valence-corrected chi connectivity index (χ0v) is 36.7. The molecule has 0 spiro atoms. The molecular formula is C54H56N2O8. The van der Waals surface area contributed by atoms with Gasteiger partial charge in [0.25, 0.3) is 0 Å². The van der Waals surface area contributed by atoms with Crippen LogP contribution >= 0.6 is 0 Å². The predicted octanol–water partition coefficient (Wildman–Crippen LogP) is 10.5. The van der Waals surface area contributed by atoms with Crippen molar-refractivity contribution >= 4 is 34.9 Å². The summed E-state index contributed by atoms with van der Waals surface area (Å²) in [5.41, 5.74) is 5.54. The molecule has 0 saturated heterocycles. The minimum Gasteiger partial charge on any atom is -0.494 e. The van der Waals surface area contributed by atoms with Gasteiger partial charge in [0.05, 0.1) is 37.6 Å². The van der Waals surface area contributed by atoms with E-state index < -0.39 is 0 Å².